The molecule has 2 saturated heterocycles. The van der Waals surface area contributed by atoms with Gasteiger partial charge in [0.25, 0.3) is 5.56 Å². The maximum absolute atomic E-state index is 12.0. The van der Waals surface area contributed by atoms with Gasteiger partial charge in [-0.2, -0.15) is 0 Å². The zero-order valence-corrected chi connectivity index (χ0v) is 10.7. The summed E-state index contributed by atoms with van der Waals surface area (Å²) in [5, 5.41) is 0. The Bertz CT molecular complexity index is 521. The number of fused-ring (bicyclic) bond motifs is 6. The van der Waals surface area contributed by atoms with Gasteiger partial charge in [-0.1, -0.05) is 12.5 Å². The summed E-state index contributed by atoms with van der Waals surface area (Å²) in [7, 11) is 0. The Labute approximate surface area is 107 Å². The third kappa shape index (κ3) is 1.50. The van der Waals surface area contributed by atoms with Crippen molar-refractivity contribution in [3.05, 3.63) is 34.2 Å². The van der Waals surface area contributed by atoms with E-state index in [2.05, 4.69) is 11.0 Å². The lowest BCUT2D eigenvalue weighted by atomic mass is 9.75. The van der Waals surface area contributed by atoms with E-state index in [-0.39, 0.29) is 5.56 Å². The van der Waals surface area contributed by atoms with E-state index in [1.54, 1.807) is 6.07 Å². The predicted octanol–water partition coefficient (Wildman–Crippen LogP) is 1.82. The summed E-state index contributed by atoms with van der Waals surface area (Å²) in [4.78, 5) is 14.7. The second kappa shape index (κ2) is 3.95. The molecule has 3 aliphatic heterocycles. The first-order chi connectivity index (χ1) is 8.83. The van der Waals surface area contributed by atoms with Gasteiger partial charge in [0, 0.05) is 36.8 Å². The van der Waals surface area contributed by atoms with Gasteiger partial charge >= 0.3 is 0 Å². The highest BCUT2D eigenvalue weighted by molar-refractivity contribution is 5.18. The molecule has 0 saturated carbocycles. The molecule has 18 heavy (non-hydrogen) atoms. The molecule has 3 atom stereocenters. The van der Waals surface area contributed by atoms with Crippen LogP contribution in [0.5, 0.6) is 0 Å². The largest absolute Gasteiger partial charge is 0.312 e. The molecule has 2 fully saturated rings. The van der Waals surface area contributed by atoms with Crippen molar-refractivity contribution in [1.82, 2.24) is 9.47 Å². The summed E-state index contributed by atoms with van der Waals surface area (Å²) in [6.45, 7) is 3.39. The molecular weight excluding hydrogens is 224 g/mol. The summed E-state index contributed by atoms with van der Waals surface area (Å²) in [5.41, 5.74) is 1.48. The van der Waals surface area contributed by atoms with Crippen LogP contribution in [0.2, 0.25) is 0 Å². The Morgan fingerprint density at radius 3 is 3.06 bits per heavy atom. The Hall–Kier alpha value is -1.09. The number of pyridine rings is 1. The molecule has 1 aromatic rings. The van der Waals surface area contributed by atoms with Crippen molar-refractivity contribution in [3.8, 4) is 0 Å². The molecule has 4 heterocycles. The third-order valence-electron chi connectivity index (χ3n) is 5.17. The Kier molecular flexibility index (Phi) is 2.37. The van der Waals surface area contributed by atoms with E-state index in [1.807, 2.05) is 10.6 Å². The zero-order chi connectivity index (χ0) is 12.1. The maximum atomic E-state index is 12.0. The molecule has 0 spiro atoms. The molecule has 3 aliphatic rings. The van der Waals surface area contributed by atoms with E-state index in [1.165, 1.54) is 44.5 Å². The van der Waals surface area contributed by atoms with E-state index in [0.717, 1.165) is 12.6 Å². The average molecular weight is 244 g/mol. The minimum absolute atomic E-state index is 0.200. The standard InChI is InChI=1S/C15H20N2O/c18-15-6-3-5-14-11-8-12(10-17(14)15)13-4-1-2-7-16(13)9-11/h3,5-6,11-13H,1-2,4,7-10H2/t11-,12?,13?/m0/s1. The van der Waals surface area contributed by atoms with E-state index < -0.39 is 0 Å². The van der Waals surface area contributed by atoms with Gasteiger partial charge in [0.15, 0.2) is 0 Å². The van der Waals surface area contributed by atoms with Gasteiger partial charge in [0.05, 0.1) is 0 Å². The number of hydrogen-bond acceptors (Lipinski definition) is 2. The highest BCUT2D eigenvalue weighted by Crippen LogP contribution is 2.41. The van der Waals surface area contributed by atoms with Crippen molar-refractivity contribution >= 4 is 0 Å². The normalized spacial score (nSPS) is 34.8. The van der Waals surface area contributed by atoms with Crippen LogP contribution in [-0.2, 0) is 6.54 Å². The fourth-order valence-electron chi connectivity index (χ4n) is 4.39. The highest BCUT2D eigenvalue weighted by atomic mass is 16.1. The SMILES string of the molecule is O=c1cccc2n1CC1C[C@H]2CN2CCCCC12. The minimum Gasteiger partial charge on any atom is -0.312 e. The topological polar surface area (TPSA) is 25.2 Å². The molecule has 4 rings (SSSR count). The lowest BCUT2D eigenvalue weighted by Crippen LogP contribution is -2.54. The Morgan fingerprint density at radius 1 is 1.17 bits per heavy atom. The summed E-state index contributed by atoms with van der Waals surface area (Å²) in [5.74, 6) is 1.30. The monoisotopic (exact) mass is 244 g/mol. The van der Waals surface area contributed by atoms with Crippen LogP contribution in [0, 0.1) is 5.92 Å². The van der Waals surface area contributed by atoms with Gasteiger partial charge in [0.1, 0.15) is 0 Å². The molecule has 1 aromatic heterocycles. The van der Waals surface area contributed by atoms with Gasteiger partial charge < -0.3 is 4.57 Å². The molecule has 0 aromatic carbocycles. The second-order valence-corrected chi connectivity index (χ2v) is 6.15. The van der Waals surface area contributed by atoms with Crippen LogP contribution in [0.4, 0.5) is 0 Å². The molecule has 0 radical (unpaired) electrons. The fourth-order valence-corrected chi connectivity index (χ4v) is 4.39. The van der Waals surface area contributed by atoms with E-state index in [4.69, 9.17) is 0 Å². The molecular formula is C15H20N2O. The Morgan fingerprint density at radius 2 is 2.11 bits per heavy atom. The summed E-state index contributed by atoms with van der Waals surface area (Å²) in [6, 6.07) is 6.54. The molecule has 0 amide bonds. The molecule has 3 heteroatoms. The molecule has 2 unspecified atom stereocenters. The van der Waals surface area contributed by atoms with Crippen molar-refractivity contribution in [2.45, 2.75) is 44.2 Å². The average Bonchev–Trinajstić information content (AvgIpc) is 2.40. The molecule has 0 N–H and O–H groups in total. The van der Waals surface area contributed by atoms with Crippen LogP contribution in [0.1, 0.15) is 37.3 Å². The van der Waals surface area contributed by atoms with Crippen LogP contribution >= 0.6 is 0 Å². The number of aromatic nitrogens is 1. The molecule has 3 nitrogen and oxygen atoms in total. The van der Waals surface area contributed by atoms with Crippen molar-refractivity contribution in [2.24, 2.45) is 5.92 Å². The zero-order valence-electron chi connectivity index (χ0n) is 10.7. The number of rotatable bonds is 0. The molecule has 0 aliphatic carbocycles. The molecule has 96 valence electrons. The number of hydrogen-bond donors (Lipinski definition) is 0. The van der Waals surface area contributed by atoms with Crippen LogP contribution < -0.4 is 5.56 Å². The summed E-state index contributed by atoms with van der Waals surface area (Å²) in [6.07, 6.45) is 5.37. The van der Waals surface area contributed by atoms with Gasteiger partial charge in [-0.25, -0.2) is 0 Å². The predicted molar refractivity (Wildman–Crippen MR) is 70.8 cm³/mol. The Balaban J connectivity index is 1.76. The first-order valence-corrected chi connectivity index (χ1v) is 7.27. The lowest BCUT2D eigenvalue weighted by Gasteiger charge is -2.50. The first kappa shape index (κ1) is 10.8. The lowest BCUT2D eigenvalue weighted by molar-refractivity contribution is 0.0248. The van der Waals surface area contributed by atoms with Gasteiger partial charge in [-0.3, -0.25) is 9.69 Å². The van der Waals surface area contributed by atoms with Crippen LogP contribution in [0.15, 0.2) is 23.0 Å². The number of nitrogens with zero attached hydrogens (tertiary/aromatic N) is 2. The summed E-state index contributed by atoms with van der Waals surface area (Å²) < 4.78 is 2.05. The van der Waals surface area contributed by atoms with Crippen LogP contribution in [-0.4, -0.2) is 28.6 Å². The quantitative estimate of drug-likeness (QED) is 0.695. The van der Waals surface area contributed by atoms with E-state index in [0.29, 0.717) is 11.8 Å². The van der Waals surface area contributed by atoms with Crippen molar-refractivity contribution < 1.29 is 0 Å². The van der Waals surface area contributed by atoms with Crippen LogP contribution in [0.25, 0.3) is 0 Å². The smallest absolute Gasteiger partial charge is 0.250 e. The second-order valence-electron chi connectivity index (χ2n) is 6.15. The first-order valence-electron chi connectivity index (χ1n) is 7.27. The third-order valence-corrected chi connectivity index (χ3v) is 5.17. The van der Waals surface area contributed by atoms with Crippen LogP contribution in [0.3, 0.4) is 0 Å². The van der Waals surface area contributed by atoms with Crippen molar-refractivity contribution in [1.29, 1.82) is 0 Å². The highest BCUT2D eigenvalue weighted by Gasteiger charge is 2.41. The van der Waals surface area contributed by atoms with Gasteiger partial charge in [-0.05, 0) is 37.8 Å². The minimum atomic E-state index is 0.200. The van der Waals surface area contributed by atoms with Gasteiger partial charge in [-0.15, -0.1) is 0 Å². The fraction of sp³-hybridized carbons (Fsp3) is 0.667. The number of piperidine rings is 2. The van der Waals surface area contributed by atoms with E-state index in [9.17, 15) is 4.79 Å². The summed E-state index contributed by atoms with van der Waals surface area (Å²) >= 11 is 0. The van der Waals surface area contributed by atoms with Gasteiger partial charge in [0.2, 0.25) is 0 Å². The van der Waals surface area contributed by atoms with Crippen molar-refractivity contribution in [3.63, 3.8) is 0 Å². The molecule has 2 bridgehead atoms. The van der Waals surface area contributed by atoms with Crippen molar-refractivity contribution in [2.75, 3.05) is 13.1 Å². The maximum Gasteiger partial charge on any atom is 0.250 e. The van der Waals surface area contributed by atoms with E-state index >= 15 is 0 Å².